The molecule has 2 aliphatic heterocycles. The summed E-state index contributed by atoms with van der Waals surface area (Å²) >= 11 is 0. The van der Waals surface area contributed by atoms with Gasteiger partial charge in [-0.05, 0) is 54.2 Å². The van der Waals surface area contributed by atoms with Crippen LogP contribution in [0.1, 0.15) is 69.4 Å². The van der Waals surface area contributed by atoms with E-state index in [0.29, 0.717) is 18.6 Å². The number of benzene rings is 2. The molecule has 2 aliphatic rings. The Kier molecular flexibility index (Phi) is 11.2. The predicted molar refractivity (Wildman–Crippen MR) is 160 cm³/mol. The number of rotatable bonds is 12. The van der Waals surface area contributed by atoms with Gasteiger partial charge < -0.3 is 33.2 Å². The number of carbonyl (C=O) groups excluding carboxylic acids is 4. The molecule has 0 N–H and O–H groups in total. The predicted octanol–water partition coefficient (Wildman–Crippen LogP) is 4.19. The zero-order chi connectivity index (χ0) is 32.7. The first-order valence-electron chi connectivity index (χ1n) is 15.1. The molecule has 11 nitrogen and oxygen atoms in total. The maximum Gasteiger partial charge on any atom is 0.303 e. The molecule has 0 aromatic heterocycles. The quantitative estimate of drug-likeness (QED) is 0.248. The van der Waals surface area contributed by atoms with Crippen LogP contribution in [0.15, 0.2) is 42.5 Å². The van der Waals surface area contributed by atoms with Gasteiger partial charge in [-0.1, -0.05) is 37.3 Å². The summed E-state index contributed by atoms with van der Waals surface area (Å²) in [5, 5.41) is 0. The summed E-state index contributed by atoms with van der Waals surface area (Å²) < 4.78 is 39.8. The van der Waals surface area contributed by atoms with Crippen molar-refractivity contribution in [1.82, 2.24) is 0 Å². The molecule has 45 heavy (non-hydrogen) atoms. The lowest BCUT2D eigenvalue weighted by molar-refractivity contribution is -0.254. The third-order valence-corrected chi connectivity index (χ3v) is 8.12. The molecule has 2 saturated heterocycles. The molecule has 5 atom stereocenters. The highest BCUT2D eigenvalue weighted by atomic mass is 16.7. The molecule has 2 aromatic carbocycles. The minimum absolute atomic E-state index is 0.0885. The van der Waals surface area contributed by atoms with Crippen molar-refractivity contribution in [2.75, 3.05) is 26.4 Å². The van der Waals surface area contributed by atoms with Crippen molar-refractivity contribution in [2.24, 2.45) is 5.41 Å². The number of aryl methyl sites for hydroxylation is 1. The van der Waals surface area contributed by atoms with Gasteiger partial charge >= 0.3 is 23.9 Å². The van der Waals surface area contributed by atoms with Gasteiger partial charge in [0.2, 0.25) is 0 Å². The Bertz CT molecular complexity index is 1360. The average molecular weight is 627 g/mol. The van der Waals surface area contributed by atoms with Gasteiger partial charge in [0.25, 0.3) is 0 Å². The molecule has 244 valence electrons. The third kappa shape index (κ3) is 8.82. The van der Waals surface area contributed by atoms with E-state index in [4.69, 9.17) is 33.2 Å². The van der Waals surface area contributed by atoms with Crippen LogP contribution in [-0.2, 0) is 54.0 Å². The summed E-state index contributed by atoms with van der Waals surface area (Å²) in [5.74, 6) is -1.77. The van der Waals surface area contributed by atoms with Crippen LogP contribution in [0.3, 0.4) is 0 Å². The monoisotopic (exact) mass is 626 g/mol. The fraction of sp³-hybridized carbons (Fsp3) is 0.529. The van der Waals surface area contributed by atoms with Gasteiger partial charge in [0, 0.05) is 27.7 Å². The fourth-order valence-electron chi connectivity index (χ4n) is 5.50. The van der Waals surface area contributed by atoms with Crippen molar-refractivity contribution in [3.05, 3.63) is 64.7 Å². The maximum atomic E-state index is 12.3. The SMILES string of the molecule is CCC1(COc2ccc(Cc3cc([C@@H]4O[C@H](COC(C)=O)[C@@H](OC(C)=O)[C@H](OC(C)=O)[C@H]4OC(C)=O)ccc3C)cc2)COC1. The van der Waals surface area contributed by atoms with Crippen molar-refractivity contribution in [3.63, 3.8) is 0 Å². The van der Waals surface area contributed by atoms with Gasteiger partial charge in [0.1, 0.15) is 24.6 Å². The van der Waals surface area contributed by atoms with Crippen LogP contribution in [0.25, 0.3) is 0 Å². The Labute approximate surface area is 263 Å². The summed E-state index contributed by atoms with van der Waals surface area (Å²) in [7, 11) is 0. The first-order valence-corrected chi connectivity index (χ1v) is 15.1. The average Bonchev–Trinajstić information content (AvgIpc) is 2.95. The van der Waals surface area contributed by atoms with Gasteiger partial charge in [-0.2, -0.15) is 0 Å². The summed E-state index contributed by atoms with van der Waals surface area (Å²) in [6.45, 7) is 10.8. The highest BCUT2D eigenvalue weighted by Gasteiger charge is 2.52. The largest absolute Gasteiger partial charge is 0.493 e. The normalized spacial score (nSPS) is 23.6. The van der Waals surface area contributed by atoms with Crippen molar-refractivity contribution >= 4 is 23.9 Å². The summed E-state index contributed by atoms with van der Waals surface area (Å²) in [6.07, 6.45) is -3.97. The number of esters is 4. The standard InChI is InChI=1S/C34H42O11/c1-7-34(17-39-18-34)19-41-28-12-9-25(10-13-28)14-27-15-26(11-8-20(27)2)30-32(43-23(5)37)33(44-24(6)38)31(42-22(4)36)29(45-30)16-40-21(3)35/h8-13,15,29-33H,7,14,16-19H2,1-6H3/t29-,30+,31-,32+,33+/m1/s1. The van der Waals surface area contributed by atoms with Gasteiger partial charge in [0.15, 0.2) is 18.3 Å². The summed E-state index contributed by atoms with van der Waals surface area (Å²) in [5.41, 5.74) is 3.80. The molecule has 4 rings (SSSR count). The Morgan fingerprint density at radius 1 is 0.822 bits per heavy atom. The van der Waals surface area contributed by atoms with Crippen molar-refractivity contribution in [3.8, 4) is 5.75 Å². The molecule has 0 aliphatic carbocycles. The van der Waals surface area contributed by atoms with E-state index in [9.17, 15) is 19.2 Å². The Morgan fingerprint density at radius 2 is 1.44 bits per heavy atom. The van der Waals surface area contributed by atoms with Crippen molar-refractivity contribution in [1.29, 1.82) is 0 Å². The Balaban J connectivity index is 1.61. The van der Waals surface area contributed by atoms with Crippen LogP contribution in [-0.4, -0.2) is 74.7 Å². The zero-order valence-corrected chi connectivity index (χ0v) is 26.7. The molecule has 11 heteroatoms. The molecule has 0 spiro atoms. The van der Waals surface area contributed by atoms with Crippen LogP contribution < -0.4 is 4.74 Å². The van der Waals surface area contributed by atoms with E-state index in [0.717, 1.165) is 42.1 Å². The molecule has 0 unspecified atom stereocenters. The van der Waals surface area contributed by atoms with Gasteiger partial charge in [-0.25, -0.2) is 0 Å². The number of hydrogen-bond acceptors (Lipinski definition) is 11. The van der Waals surface area contributed by atoms with Crippen LogP contribution in [0.4, 0.5) is 0 Å². The lowest BCUT2D eigenvalue weighted by Gasteiger charge is -2.44. The van der Waals surface area contributed by atoms with Gasteiger partial charge in [0.05, 0.1) is 25.2 Å². The third-order valence-electron chi connectivity index (χ3n) is 8.12. The second kappa shape index (κ2) is 14.9. The van der Waals surface area contributed by atoms with E-state index in [1.165, 1.54) is 27.7 Å². The smallest absolute Gasteiger partial charge is 0.303 e. The second-order valence-corrected chi connectivity index (χ2v) is 11.8. The highest BCUT2D eigenvalue weighted by molar-refractivity contribution is 5.69. The minimum Gasteiger partial charge on any atom is -0.493 e. The van der Waals surface area contributed by atoms with E-state index in [2.05, 4.69) is 6.92 Å². The van der Waals surface area contributed by atoms with Gasteiger partial charge in [-0.15, -0.1) is 0 Å². The van der Waals surface area contributed by atoms with Crippen LogP contribution in [0, 0.1) is 12.3 Å². The molecular formula is C34H42O11. The molecule has 0 bridgehead atoms. The van der Waals surface area contributed by atoms with E-state index in [1.807, 2.05) is 49.4 Å². The minimum atomic E-state index is -1.23. The van der Waals surface area contributed by atoms with Crippen molar-refractivity contribution < 1.29 is 52.3 Å². The number of hydrogen-bond donors (Lipinski definition) is 0. The van der Waals surface area contributed by atoms with E-state index in [-0.39, 0.29) is 12.0 Å². The summed E-state index contributed by atoms with van der Waals surface area (Å²) in [6, 6.07) is 13.7. The molecular weight excluding hydrogens is 584 g/mol. The first-order chi connectivity index (χ1) is 21.4. The molecule has 0 saturated carbocycles. The summed E-state index contributed by atoms with van der Waals surface area (Å²) in [4.78, 5) is 48.2. The first kappa shape index (κ1) is 33.9. The Hall–Kier alpha value is -3.96. The van der Waals surface area contributed by atoms with Crippen LogP contribution in [0.2, 0.25) is 0 Å². The molecule has 0 radical (unpaired) electrons. The van der Waals surface area contributed by atoms with Crippen molar-refractivity contribution in [2.45, 2.75) is 84.9 Å². The van der Waals surface area contributed by atoms with E-state index >= 15 is 0 Å². The fourth-order valence-corrected chi connectivity index (χ4v) is 5.50. The maximum absolute atomic E-state index is 12.3. The van der Waals surface area contributed by atoms with Crippen LogP contribution >= 0.6 is 0 Å². The molecule has 2 fully saturated rings. The van der Waals surface area contributed by atoms with Crippen LogP contribution in [0.5, 0.6) is 5.75 Å². The molecule has 2 aromatic rings. The lowest BCUT2D eigenvalue weighted by Crippen LogP contribution is -2.59. The van der Waals surface area contributed by atoms with Gasteiger partial charge in [-0.3, -0.25) is 19.2 Å². The lowest BCUT2D eigenvalue weighted by atomic mass is 9.84. The zero-order valence-electron chi connectivity index (χ0n) is 26.7. The Morgan fingerprint density at radius 3 is 2.00 bits per heavy atom. The topological polar surface area (TPSA) is 133 Å². The molecule has 0 amide bonds. The number of ether oxygens (including phenoxy) is 7. The van der Waals surface area contributed by atoms with E-state index in [1.54, 1.807) is 0 Å². The highest BCUT2D eigenvalue weighted by Crippen LogP contribution is 2.38. The number of carbonyl (C=O) groups is 4. The second-order valence-electron chi connectivity index (χ2n) is 11.8. The van der Waals surface area contributed by atoms with E-state index < -0.39 is 54.4 Å². The molecule has 2 heterocycles.